The van der Waals surface area contributed by atoms with Crippen LogP contribution in [-0.4, -0.2) is 17.5 Å². The summed E-state index contributed by atoms with van der Waals surface area (Å²) in [6.45, 7) is 3.90. The van der Waals surface area contributed by atoms with Gasteiger partial charge in [-0.25, -0.2) is 4.98 Å². The second-order valence-corrected chi connectivity index (χ2v) is 6.86. The quantitative estimate of drug-likeness (QED) is 0.359. The Bertz CT molecular complexity index is 1050. The van der Waals surface area contributed by atoms with E-state index in [-0.39, 0.29) is 5.57 Å². The van der Waals surface area contributed by atoms with Crippen molar-refractivity contribution in [3.05, 3.63) is 71.3 Å². The number of ether oxygens (including phenoxy) is 1. The second-order valence-electron chi connectivity index (χ2n) is 5.39. The van der Waals surface area contributed by atoms with Crippen molar-refractivity contribution in [1.29, 1.82) is 5.26 Å². The number of halogens is 1. The number of amides is 1. The van der Waals surface area contributed by atoms with Gasteiger partial charge in [0, 0.05) is 10.6 Å². The maximum atomic E-state index is 12.5. The third-order valence-corrected chi connectivity index (χ3v) is 4.69. The van der Waals surface area contributed by atoms with Crippen LogP contribution < -0.4 is 10.1 Å². The topological polar surface area (TPSA) is 75.0 Å². The smallest absolute Gasteiger partial charge is 0.268 e. The molecule has 5 nitrogen and oxygen atoms in total. The van der Waals surface area contributed by atoms with Crippen LogP contribution in [0.3, 0.4) is 0 Å². The summed E-state index contributed by atoms with van der Waals surface area (Å²) in [5.41, 5.74) is 1.23. The van der Waals surface area contributed by atoms with Crippen molar-refractivity contribution in [2.24, 2.45) is 0 Å². The van der Waals surface area contributed by atoms with Crippen LogP contribution in [0.2, 0.25) is 5.02 Å². The van der Waals surface area contributed by atoms with Gasteiger partial charge in [-0.15, -0.1) is 0 Å². The van der Waals surface area contributed by atoms with Gasteiger partial charge in [-0.05, 0) is 36.4 Å². The maximum absolute atomic E-state index is 12.5. The predicted molar refractivity (Wildman–Crippen MR) is 109 cm³/mol. The first kappa shape index (κ1) is 18.6. The fourth-order valence-electron chi connectivity index (χ4n) is 2.31. The lowest BCUT2D eigenvalue weighted by atomic mass is 10.1. The van der Waals surface area contributed by atoms with E-state index < -0.39 is 5.91 Å². The molecule has 0 saturated heterocycles. The molecule has 0 spiro atoms. The Labute approximate surface area is 165 Å². The number of anilines is 1. The van der Waals surface area contributed by atoms with Crippen molar-refractivity contribution in [3.8, 4) is 11.8 Å². The molecular weight excluding hydrogens is 382 g/mol. The van der Waals surface area contributed by atoms with Crippen molar-refractivity contribution in [3.63, 3.8) is 0 Å². The van der Waals surface area contributed by atoms with Crippen molar-refractivity contribution < 1.29 is 9.53 Å². The van der Waals surface area contributed by atoms with Crippen LogP contribution >= 0.6 is 22.9 Å². The molecule has 1 heterocycles. The number of nitrogens with zero attached hydrogens (tertiary/aromatic N) is 2. The summed E-state index contributed by atoms with van der Waals surface area (Å²) in [6.07, 6.45) is 3.04. The minimum atomic E-state index is -0.550. The molecule has 0 aliphatic carbocycles. The van der Waals surface area contributed by atoms with Crippen molar-refractivity contribution >= 4 is 50.3 Å². The number of hydrogen-bond acceptors (Lipinski definition) is 5. The lowest BCUT2D eigenvalue weighted by Gasteiger charge is -2.08. The first-order chi connectivity index (χ1) is 13.1. The van der Waals surface area contributed by atoms with Crippen LogP contribution in [0.25, 0.3) is 16.3 Å². The number of thiazole rings is 1. The van der Waals surface area contributed by atoms with Crippen LogP contribution in [0.1, 0.15) is 5.56 Å². The summed E-state index contributed by atoms with van der Waals surface area (Å²) < 4.78 is 6.50. The molecule has 0 radical (unpaired) electrons. The Morgan fingerprint density at radius 1 is 1.37 bits per heavy atom. The Kier molecular flexibility index (Phi) is 5.87. The molecule has 1 N–H and O–H groups in total. The van der Waals surface area contributed by atoms with E-state index in [0.29, 0.717) is 28.1 Å². The lowest BCUT2D eigenvalue weighted by molar-refractivity contribution is -0.112. The number of para-hydroxylation sites is 1. The van der Waals surface area contributed by atoms with Crippen molar-refractivity contribution in [1.82, 2.24) is 4.98 Å². The molecule has 0 saturated carbocycles. The summed E-state index contributed by atoms with van der Waals surface area (Å²) in [5, 5.41) is 13.0. The van der Waals surface area contributed by atoms with Gasteiger partial charge in [0.25, 0.3) is 5.91 Å². The molecular formula is C20H14ClN3O2S. The zero-order chi connectivity index (χ0) is 19.2. The largest absolute Gasteiger partial charge is 0.489 e. The van der Waals surface area contributed by atoms with E-state index in [9.17, 15) is 10.1 Å². The number of nitrogens with one attached hydrogen (secondary N) is 1. The summed E-state index contributed by atoms with van der Waals surface area (Å²) in [7, 11) is 0. The predicted octanol–water partition coefficient (Wildman–Crippen LogP) is 5.06. The average molecular weight is 396 g/mol. The highest BCUT2D eigenvalue weighted by Crippen LogP contribution is 2.27. The highest BCUT2D eigenvalue weighted by atomic mass is 35.5. The standard InChI is InChI=1S/C20H14ClN3O2S/c1-2-9-26-17-8-7-15(21)11-13(17)10-14(12-22)19(25)24-20-23-16-5-3-4-6-18(16)27-20/h2-8,10-11H,1,9H2,(H,23,24,25)/b14-10+. The van der Waals surface area contributed by atoms with E-state index >= 15 is 0 Å². The number of nitriles is 1. The molecule has 0 atom stereocenters. The van der Waals surface area contributed by atoms with Gasteiger partial charge in [0.05, 0.1) is 10.2 Å². The monoisotopic (exact) mass is 395 g/mol. The van der Waals surface area contributed by atoms with Crippen molar-refractivity contribution in [2.75, 3.05) is 11.9 Å². The first-order valence-electron chi connectivity index (χ1n) is 7.92. The lowest BCUT2D eigenvalue weighted by Crippen LogP contribution is -2.13. The van der Waals surface area contributed by atoms with E-state index in [1.165, 1.54) is 17.4 Å². The second kappa shape index (κ2) is 8.49. The molecule has 134 valence electrons. The molecule has 0 aliphatic heterocycles. The molecule has 1 aromatic heterocycles. The van der Waals surface area contributed by atoms with Crippen molar-refractivity contribution in [2.45, 2.75) is 0 Å². The third kappa shape index (κ3) is 4.53. The van der Waals surface area contributed by atoms with Crippen LogP contribution in [0, 0.1) is 11.3 Å². The van der Waals surface area contributed by atoms with E-state index in [4.69, 9.17) is 16.3 Å². The molecule has 0 fully saturated rings. The number of carbonyl (C=O) groups is 1. The summed E-state index contributed by atoms with van der Waals surface area (Å²) in [4.78, 5) is 16.9. The zero-order valence-corrected chi connectivity index (χ0v) is 15.7. The number of benzene rings is 2. The number of rotatable bonds is 6. The molecule has 2 aromatic carbocycles. The highest BCUT2D eigenvalue weighted by molar-refractivity contribution is 7.22. The SMILES string of the molecule is C=CCOc1ccc(Cl)cc1/C=C(\C#N)C(=O)Nc1nc2ccccc2s1. The zero-order valence-electron chi connectivity index (χ0n) is 14.1. The van der Waals surface area contributed by atoms with Gasteiger partial charge in [-0.3, -0.25) is 10.1 Å². The van der Waals surface area contributed by atoms with E-state index in [1.54, 1.807) is 24.3 Å². The minimum absolute atomic E-state index is 0.0834. The summed E-state index contributed by atoms with van der Waals surface area (Å²) in [5.74, 6) is -0.0500. The molecule has 3 aromatic rings. The fraction of sp³-hybridized carbons (Fsp3) is 0.0500. The normalized spacial score (nSPS) is 11.0. The van der Waals surface area contributed by atoms with Gasteiger partial charge < -0.3 is 4.74 Å². The molecule has 27 heavy (non-hydrogen) atoms. The van der Waals surface area contributed by atoms with Gasteiger partial charge in [0.2, 0.25) is 0 Å². The number of carbonyl (C=O) groups excluding carboxylic acids is 1. The fourth-order valence-corrected chi connectivity index (χ4v) is 3.35. The molecule has 1 amide bonds. The van der Waals surface area contributed by atoms with Crippen LogP contribution in [-0.2, 0) is 4.79 Å². The van der Waals surface area contributed by atoms with Crippen LogP contribution in [0.15, 0.2) is 60.7 Å². The minimum Gasteiger partial charge on any atom is -0.489 e. The highest BCUT2D eigenvalue weighted by Gasteiger charge is 2.14. The van der Waals surface area contributed by atoms with E-state index in [1.807, 2.05) is 30.3 Å². The summed E-state index contributed by atoms with van der Waals surface area (Å²) in [6, 6.07) is 14.4. The Balaban J connectivity index is 1.87. The van der Waals surface area contributed by atoms with E-state index in [2.05, 4.69) is 16.9 Å². The van der Waals surface area contributed by atoms with Gasteiger partial charge in [-0.1, -0.05) is 47.7 Å². The number of fused-ring (bicyclic) bond motifs is 1. The molecule has 0 unspecified atom stereocenters. The van der Waals surface area contributed by atoms with Gasteiger partial charge in [-0.2, -0.15) is 5.26 Å². The number of aromatic nitrogens is 1. The Morgan fingerprint density at radius 3 is 2.93 bits per heavy atom. The average Bonchev–Trinajstić information content (AvgIpc) is 3.07. The third-order valence-electron chi connectivity index (χ3n) is 3.51. The summed E-state index contributed by atoms with van der Waals surface area (Å²) >= 11 is 7.38. The van der Waals surface area contributed by atoms with E-state index in [0.717, 1.165) is 10.2 Å². The van der Waals surface area contributed by atoms with Gasteiger partial charge in [0.1, 0.15) is 24.0 Å². The molecule has 0 bridgehead atoms. The number of hydrogen-bond donors (Lipinski definition) is 1. The Morgan fingerprint density at radius 2 is 2.19 bits per heavy atom. The van der Waals surface area contributed by atoms with Gasteiger partial charge >= 0.3 is 0 Å². The first-order valence-corrected chi connectivity index (χ1v) is 9.12. The van der Waals surface area contributed by atoms with Crippen LogP contribution in [0.5, 0.6) is 5.75 Å². The molecule has 7 heteroatoms. The molecule has 3 rings (SSSR count). The molecule has 0 aliphatic rings. The Hall–Kier alpha value is -3.14. The van der Waals surface area contributed by atoms with Gasteiger partial charge in [0.15, 0.2) is 5.13 Å². The maximum Gasteiger partial charge on any atom is 0.268 e. The van der Waals surface area contributed by atoms with Crippen LogP contribution in [0.4, 0.5) is 5.13 Å².